The van der Waals surface area contributed by atoms with Gasteiger partial charge in [0.05, 0.1) is 10.0 Å². The first-order chi connectivity index (χ1) is 19.3. The molecule has 40 heavy (non-hydrogen) atoms. The van der Waals surface area contributed by atoms with Gasteiger partial charge in [-0.25, -0.2) is 9.35 Å². The van der Waals surface area contributed by atoms with Crippen molar-refractivity contribution in [2.75, 3.05) is 11.7 Å². The van der Waals surface area contributed by atoms with Gasteiger partial charge in [0.15, 0.2) is 23.2 Å². The molecule has 6 aromatic rings. The number of aryl methyl sites for hydroxylation is 2. The van der Waals surface area contributed by atoms with Gasteiger partial charge in [-0.15, -0.1) is 20.4 Å². The monoisotopic (exact) mass is 614 g/mol. The van der Waals surface area contributed by atoms with Crippen LogP contribution in [0.1, 0.15) is 11.6 Å². The van der Waals surface area contributed by atoms with Crippen molar-refractivity contribution in [2.24, 2.45) is 0 Å². The molecule has 0 atom stereocenters. The summed E-state index contributed by atoms with van der Waals surface area (Å²) in [7, 11) is 0. The van der Waals surface area contributed by atoms with Crippen molar-refractivity contribution in [3.8, 4) is 45.8 Å². The second-order valence-electron chi connectivity index (χ2n) is 8.70. The third-order valence-electron chi connectivity index (χ3n) is 6.15. The van der Waals surface area contributed by atoms with E-state index in [2.05, 4.69) is 20.4 Å². The van der Waals surface area contributed by atoms with E-state index in [-0.39, 0.29) is 0 Å². The van der Waals surface area contributed by atoms with Crippen LogP contribution in [0.15, 0.2) is 69.5 Å². The number of aromatic nitrogens is 6. The number of rotatable bonds is 7. The lowest BCUT2D eigenvalue weighted by atomic mass is 10.2. The fraction of sp³-hybridized carbons (Fsp3) is 0.0769. The molecule has 10 nitrogen and oxygen atoms in total. The van der Waals surface area contributed by atoms with Gasteiger partial charge in [-0.2, -0.15) is 0 Å². The molecule has 14 heteroatoms. The summed E-state index contributed by atoms with van der Waals surface area (Å²) in [6, 6.07) is 17.4. The van der Waals surface area contributed by atoms with Crippen LogP contribution in [-0.4, -0.2) is 29.7 Å². The first-order valence-corrected chi connectivity index (χ1v) is 13.3. The average Bonchev–Trinajstić information content (AvgIpc) is 3.71. The van der Waals surface area contributed by atoms with E-state index in [0.717, 1.165) is 0 Å². The second-order valence-corrected chi connectivity index (χ2v) is 10.4. The summed E-state index contributed by atoms with van der Waals surface area (Å²) in [5.74, 6) is 16.2. The fourth-order valence-electron chi connectivity index (χ4n) is 4.13. The third-order valence-corrected chi connectivity index (χ3v) is 7.25. The van der Waals surface area contributed by atoms with Gasteiger partial charge in [-0.3, -0.25) is 0 Å². The van der Waals surface area contributed by atoms with Crippen molar-refractivity contribution >= 4 is 46.4 Å². The minimum atomic E-state index is 0.352. The molecule has 0 bridgehead atoms. The van der Waals surface area contributed by atoms with E-state index in [0.29, 0.717) is 90.4 Å². The Hall–Kier alpha value is -3.96. The fourth-order valence-corrected chi connectivity index (χ4v) is 5.14. The highest BCUT2D eigenvalue weighted by atomic mass is 35.5. The van der Waals surface area contributed by atoms with E-state index in [1.807, 2.05) is 0 Å². The molecule has 0 saturated carbocycles. The van der Waals surface area contributed by atoms with Gasteiger partial charge in [-0.1, -0.05) is 46.4 Å². The van der Waals surface area contributed by atoms with Crippen LogP contribution in [0.25, 0.3) is 45.8 Å². The molecule has 0 amide bonds. The highest BCUT2D eigenvalue weighted by Gasteiger charge is 2.20. The van der Waals surface area contributed by atoms with Crippen LogP contribution >= 0.6 is 46.4 Å². The molecule has 0 saturated heterocycles. The van der Waals surface area contributed by atoms with Gasteiger partial charge < -0.3 is 20.5 Å². The molecule has 4 heterocycles. The molecule has 0 fully saturated rings. The molecule has 202 valence electrons. The molecule has 0 aliphatic heterocycles. The van der Waals surface area contributed by atoms with Crippen molar-refractivity contribution in [1.29, 1.82) is 0 Å². The minimum absolute atomic E-state index is 0.352. The summed E-state index contributed by atoms with van der Waals surface area (Å²) in [5, 5.41) is 18.8. The smallest absolute Gasteiger partial charge is 0.218 e. The van der Waals surface area contributed by atoms with Crippen LogP contribution in [0.5, 0.6) is 0 Å². The Morgan fingerprint density at radius 2 is 0.950 bits per heavy atom. The number of nitrogen functional groups attached to an aromatic ring is 2. The highest BCUT2D eigenvalue weighted by molar-refractivity contribution is 6.37. The van der Waals surface area contributed by atoms with E-state index >= 15 is 0 Å². The van der Waals surface area contributed by atoms with Gasteiger partial charge in [0.25, 0.3) is 0 Å². The maximum absolute atomic E-state index is 6.31. The Morgan fingerprint density at radius 1 is 0.550 bits per heavy atom. The number of nitrogens with two attached hydrogens (primary N) is 2. The average molecular weight is 616 g/mol. The minimum Gasteiger partial charge on any atom is -0.453 e. The number of hydrogen-bond donors (Lipinski definition) is 2. The second kappa shape index (κ2) is 10.5. The number of nitrogens with zero attached hydrogens (tertiary/aromatic N) is 6. The molecule has 4 aromatic heterocycles. The summed E-state index contributed by atoms with van der Waals surface area (Å²) in [4.78, 5) is 0. The van der Waals surface area contributed by atoms with E-state index in [1.165, 1.54) is 9.35 Å². The Balaban J connectivity index is 1.17. The van der Waals surface area contributed by atoms with Crippen LogP contribution in [0.4, 0.5) is 0 Å². The summed E-state index contributed by atoms with van der Waals surface area (Å²) in [5.41, 5.74) is 1.39. The van der Waals surface area contributed by atoms with Crippen molar-refractivity contribution in [3.05, 3.63) is 92.4 Å². The van der Waals surface area contributed by atoms with Gasteiger partial charge in [0.1, 0.15) is 11.5 Å². The van der Waals surface area contributed by atoms with Crippen molar-refractivity contribution < 1.29 is 8.83 Å². The Labute approximate surface area is 247 Å². The zero-order valence-corrected chi connectivity index (χ0v) is 23.4. The van der Waals surface area contributed by atoms with Gasteiger partial charge in [0.2, 0.25) is 11.6 Å². The third kappa shape index (κ3) is 4.90. The standard InChI is InChI=1S/C26H18Cl4N8O2/c27-13-1-3-15(17(29)11-13)19-5-7-21(39-19)25-35-33-23(37(25)31)9-10-24-34-36-26(38(24)32)22-8-6-20(40-22)16-4-2-14(28)12-18(16)30/h1-8,11-12H,9-10,31-32H2. The van der Waals surface area contributed by atoms with Crippen LogP contribution in [0, 0.1) is 0 Å². The Morgan fingerprint density at radius 3 is 1.35 bits per heavy atom. The van der Waals surface area contributed by atoms with Crippen molar-refractivity contribution in [2.45, 2.75) is 12.8 Å². The molecule has 0 radical (unpaired) electrons. The molecule has 6 rings (SSSR count). The highest BCUT2D eigenvalue weighted by Crippen LogP contribution is 2.35. The van der Waals surface area contributed by atoms with Crippen LogP contribution in [-0.2, 0) is 12.8 Å². The summed E-state index contributed by atoms with van der Waals surface area (Å²) in [6.07, 6.45) is 0.776. The van der Waals surface area contributed by atoms with Gasteiger partial charge in [0, 0.05) is 34.0 Å². The lowest BCUT2D eigenvalue weighted by Crippen LogP contribution is -2.18. The van der Waals surface area contributed by atoms with Crippen LogP contribution in [0.2, 0.25) is 20.1 Å². The van der Waals surface area contributed by atoms with E-state index in [1.54, 1.807) is 60.7 Å². The number of benzene rings is 2. The quantitative estimate of drug-likeness (QED) is 0.193. The van der Waals surface area contributed by atoms with E-state index in [4.69, 9.17) is 66.9 Å². The maximum Gasteiger partial charge on any atom is 0.218 e. The number of furan rings is 2. The van der Waals surface area contributed by atoms with Crippen LogP contribution in [0.3, 0.4) is 0 Å². The molecular formula is C26H18Cl4N8O2. The largest absolute Gasteiger partial charge is 0.453 e. The Kier molecular flexibility index (Phi) is 6.93. The normalized spacial score (nSPS) is 11.4. The first-order valence-electron chi connectivity index (χ1n) is 11.8. The molecule has 0 spiro atoms. The molecule has 0 aliphatic rings. The molecule has 4 N–H and O–H groups in total. The maximum atomic E-state index is 6.31. The van der Waals surface area contributed by atoms with Gasteiger partial charge in [-0.05, 0) is 60.7 Å². The predicted molar refractivity (Wildman–Crippen MR) is 154 cm³/mol. The topological polar surface area (TPSA) is 140 Å². The number of hydrogen-bond acceptors (Lipinski definition) is 8. The Bertz CT molecular complexity index is 1720. The summed E-state index contributed by atoms with van der Waals surface area (Å²) in [6.45, 7) is 0. The van der Waals surface area contributed by atoms with E-state index < -0.39 is 0 Å². The van der Waals surface area contributed by atoms with Crippen LogP contribution < -0.4 is 11.7 Å². The summed E-state index contributed by atoms with van der Waals surface area (Å²) < 4.78 is 14.6. The first kappa shape index (κ1) is 26.3. The molecular weight excluding hydrogens is 598 g/mol. The van der Waals surface area contributed by atoms with Crippen molar-refractivity contribution in [3.63, 3.8) is 0 Å². The molecule has 0 aliphatic carbocycles. The zero-order valence-electron chi connectivity index (χ0n) is 20.4. The van der Waals surface area contributed by atoms with E-state index in [9.17, 15) is 0 Å². The molecule has 2 aromatic carbocycles. The SMILES string of the molecule is Nn1c(CCc2nnc(-c3ccc(-c4ccc(Cl)cc4Cl)o3)n2N)nnc1-c1ccc(-c2ccc(Cl)cc2Cl)o1. The lowest BCUT2D eigenvalue weighted by Gasteiger charge is -2.04. The zero-order chi connectivity index (χ0) is 28.0. The number of halogens is 4. The van der Waals surface area contributed by atoms with Gasteiger partial charge >= 0.3 is 0 Å². The predicted octanol–water partition coefficient (Wildman–Crippen LogP) is 6.55. The molecule has 0 unspecified atom stereocenters. The van der Waals surface area contributed by atoms with Crippen molar-refractivity contribution in [1.82, 2.24) is 29.7 Å². The summed E-state index contributed by atoms with van der Waals surface area (Å²) >= 11 is 24.6. The lowest BCUT2D eigenvalue weighted by molar-refractivity contribution is 0.588.